The Morgan fingerprint density at radius 2 is 1.83 bits per heavy atom. The Morgan fingerprint density at radius 3 is 2.42 bits per heavy atom. The fourth-order valence-corrected chi connectivity index (χ4v) is 3.99. The van der Waals surface area contributed by atoms with Gasteiger partial charge in [0, 0.05) is 30.1 Å². The van der Waals surface area contributed by atoms with Crippen LogP contribution in [0, 0.1) is 5.41 Å². The van der Waals surface area contributed by atoms with E-state index in [1.807, 2.05) is 0 Å². The number of carbonyl (C=O) groups is 1. The average molecular weight is 353 g/mol. The third kappa shape index (κ3) is 3.68. The maximum Gasteiger partial charge on any atom is 0.257 e. The van der Waals surface area contributed by atoms with Crippen LogP contribution in [0.1, 0.15) is 36.0 Å². The molecule has 0 saturated carbocycles. The SMILES string of the molecule is O=C(c1ccc(Cl)cc1O)N1CCC(CO)(CN2CCCC2)CC1. The molecule has 0 bridgehead atoms. The summed E-state index contributed by atoms with van der Waals surface area (Å²) >= 11 is 5.83. The Kier molecular flexibility index (Phi) is 5.33. The molecule has 0 spiro atoms. The molecule has 2 aliphatic heterocycles. The largest absolute Gasteiger partial charge is 0.507 e. The van der Waals surface area contributed by atoms with Gasteiger partial charge in [0.25, 0.3) is 5.91 Å². The zero-order valence-electron chi connectivity index (χ0n) is 13.9. The van der Waals surface area contributed by atoms with Gasteiger partial charge in [0.05, 0.1) is 12.2 Å². The van der Waals surface area contributed by atoms with Crippen molar-refractivity contribution >= 4 is 17.5 Å². The van der Waals surface area contributed by atoms with Crippen LogP contribution in [0.15, 0.2) is 18.2 Å². The van der Waals surface area contributed by atoms with Crippen LogP contribution in [0.25, 0.3) is 0 Å². The van der Waals surface area contributed by atoms with Crippen LogP contribution in [0.2, 0.25) is 5.02 Å². The number of nitrogens with zero attached hydrogens (tertiary/aromatic N) is 2. The summed E-state index contributed by atoms with van der Waals surface area (Å²) in [6.45, 7) is 4.52. The molecule has 1 aromatic carbocycles. The number of phenols is 1. The lowest BCUT2D eigenvalue weighted by atomic mass is 9.78. The molecule has 0 atom stereocenters. The van der Waals surface area contributed by atoms with Gasteiger partial charge in [0.2, 0.25) is 0 Å². The van der Waals surface area contributed by atoms with Gasteiger partial charge < -0.3 is 20.0 Å². The highest BCUT2D eigenvalue weighted by Crippen LogP contribution is 2.34. The molecule has 2 aliphatic rings. The Morgan fingerprint density at radius 1 is 1.17 bits per heavy atom. The van der Waals surface area contributed by atoms with Crippen molar-refractivity contribution < 1.29 is 15.0 Å². The summed E-state index contributed by atoms with van der Waals surface area (Å²) in [6, 6.07) is 4.58. The maximum atomic E-state index is 12.6. The molecule has 132 valence electrons. The van der Waals surface area contributed by atoms with Crippen molar-refractivity contribution in [3.05, 3.63) is 28.8 Å². The van der Waals surface area contributed by atoms with Crippen LogP contribution in [-0.2, 0) is 0 Å². The molecule has 2 fully saturated rings. The number of hydrogen-bond acceptors (Lipinski definition) is 4. The average Bonchev–Trinajstić information content (AvgIpc) is 3.08. The zero-order valence-corrected chi connectivity index (χ0v) is 14.6. The lowest BCUT2D eigenvalue weighted by Gasteiger charge is -2.42. The molecule has 0 aromatic heterocycles. The minimum atomic E-state index is -0.170. The lowest BCUT2D eigenvalue weighted by Crippen LogP contribution is -2.49. The molecular formula is C18H25ClN2O3. The van der Waals surface area contributed by atoms with Gasteiger partial charge >= 0.3 is 0 Å². The maximum absolute atomic E-state index is 12.6. The second-order valence-electron chi connectivity index (χ2n) is 7.10. The van der Waals surface area contributed by atoms with E-state index in [1.165, 1.54) is 18.9 Å². The highest BCUT2D eigenvalue weighted by Gasteiger charge is 2.37. The van der Waals surface area contributed by atoms with E-state index in [-0.39, 0.29) is 29.2 Å². The zero-order chi connectivity index (χ0) is 17.2. The van der Waals surface area contributed by atoms with Crippen molar-refractivity contribution in [2.45, 2.75) is 25.7 Å². The molecule has 6 heteroatoms. The van der Waals surface area contributed by atoms with Gasteiger partial charge in [-0.25, -0.2) is 0 Å². The molecule has 1 amide bonds. The topological polar surface area (TPSA) is 64.0 Å². The first kappa shape index (κ1) is 17.5. The quantitative estimate of drug-likeness (QED) is 0.873. The van der Waals surface area contributed by atoms with Gasteiger partial charge in [-0.15, -0.1) is 0 Å². The van der Waals surface area contributed by atoms with Crippen LogP contribution >= 0.6 is 11.6 Å². The summed E-state index contributed by atoms with van der Waals surface area (Å²) in [5.41, 5.74) is 0.179. The minimum absolute atomic E-state index is 0.0800. The number of benzene rings is 1. The van der Waals surface area contributed by atoms with E-state index in [4.69, 9.17) is 11.6 Å². The number of aromatic hydroxyl groups is 1. The normalized spacial score (nSPS) is 21.2. The molecule has 2 heterocycles. The number of rotatable bonds is 4. The number of carbonyl (C=O) groups excluding carboxylic acids is 1. The van der Waals surface area contributed by atoms with Crippen molar-refractivity contribution in [2.24, 2.45) is 5.41 Å². The summed E-state index contributed by atoms with van der Waals surface area (Å²) in [5, 5.41) is 20.3. The number of halogens is 1. The third-order valence-electron chi connectivity index (χ3n) is 5.39. The molecular weight excluding hydrogens is 328 g/mol. The van der Waals surface area contributed by atoms with Gasteiger partial charge in [0.15, 0.2) is 0 Å². The van der Waals surface area contributed by atoms with E-state index in [2.05, 4.69) is 4.90 Å². The van der Waals surface area contributed by atoms with E-state index >= 15 is 0 Å². The minimum Gasteiger partial charge on any atom is -0.507 e. The van der Waals surface area contributed by atoms with Crippen molar-refractivity contribution in [1.29, 1.82) is 0 Å². The first-order valence-corrected chi connectivity index (χ1v) is 9.02. The molecule has 0 aliphatic carbocycles. The fraction of sp³-hybridized carbons (Fsp3) is 0.611. The van der Waals surface area contributed by atoms with Crippen molar-refractivity contribution in [1.82, 2.24) is 9.80 Å². The summed E-state index contributed by atoms with van der Waals surface area (Å²) in [6.07, 6.45) is 4.06. The predicted octanol–water partition coefficient (Wildman–Crippen LogP) is 2.36. The van der Waals surface area contributed by atoms with E-state index in [0.717, 1.165) is 32.5 Å². The molecule has 2 saturated heterocycles. The number of piperidine rings is 1. The molecule has 2 N–H and O–H groups in total. The van der Waals surface area contributed by atoms with Gasteiger partial charge in [0.1, 0.15) is 5.75 Å². The number of phenolic OH excluding ortho intramolecular Hbond substituents is 1. The van der Waals surface area contributed by atoms with E-state index in [1.54, 1.807) is 17.0 Å². The highest BCUT2D eigenvalue weighted by atomic mass is 35.5. The molecule has 0 radical (unpaired) electrons. The van der Waals surface area contributed by atoms with Crippen molar-refractivity contribution in [2.75, 3.05) is 39.3 Å². The lowest BCUT2D eigenvalue weighted by molar-refractivity contribution is 0.0178. The second kappa shape index (κ2) is 7.30. The molecule has 1 aromatic rings. The van der Waals surface area contributed by atoms with Crippen molar-refractivity contribution in [3.63, 3.8) is 0 Å². The van der Waals surface area contributed by atoms with Gasteiger partial charge in [-0.2, -0.15) is 0 Å². The molecule has 3 rings (SSSR count). The van der Waals surface area contributed by atoms with E-state index < -0.39 is 0 Å². The number of aliphatic hydroxyl groups is 1. The monoisotopic (exact) mass is 352 g/mol. The number of aliphatic hydroxyl groups excluding tert-OH is 1. The Labute approximate surface area is 147 Å². The van der Waals surface area contributed by atoms with E-state index in [0.29, 0.717) is 18.1 Å². The van der Waals surface area contributed by atoms with Crippen LogP contribution in [0.4, 0.5) is 0 Å². The third-order valence-corrected chi connectivity index (χ3v) is 5.63. The van der Waals surface area contributed by atoms with E-state index in [9.17, 15) is 15.0 Å². The first-order valence-electron chi connectivity index (χ1n) is 8.64. The number of amides is 1. The van der Waals surface area contributed by atoms with Crippen LogP contribution in [0.3, 0.4) is 0 Å². The van der Waals surface area contributed by atoms with Gasteiger partial charge in [-0.1, -0.05) is 11.6 Å². The second-order valence-corrected chi connectivity index (χ2v) is 7.53. The van der Waals surface area contributed by atoms with Gasteiger partial charge in [-0.05, 0) is 57.0 Å². The van der Waals surface area contributed by atoms with Crippen LogP contribution < -0.4 is 0 Å². The van der Waals surface area contributed by atoms with Gasteiger partial charge in [-0.3, -0.25) is 4.79 Å². The fourth-order valence-electron chi connectivity index (χ4n) is 3.82. The predicted molar refractivity (Wildman–Crippen MR) is 93.4 cm³/mol. The Bertz CT molecular complexity index is 594. The summed E-state index contributed by atoms with van der Waals surface area (Å²) in [5.74, 6) is -0.250. The highest BCUT2D eigenvalue weighted by molar-refractivity contribution is 6.30. The Hall–Kier alpha value is -1.30. The molecule has 24 heavy (non-hydrogen) atoms. The molecule has 0 unspecified atom stereocenters. The summed E-state index contributed by atoms with van der Waals surface area (Å²) in [7, 11) is 0. The Balaban J connectivity index is 1.63. The molecule has 5 nitrogen and oxygen atoms in total. The number of hydrogen-bond donors (Lipinski definition) is 2. The first-order chi connectivity index (χ1) is 11.5. The smallest absolute Gasteiger partial charge is 0.257 e. The van der Waals surface area contributed by atoms with Crippen molar-refractivity contribution in [3.8, 4) is 5.75 Å². The number of likely N-dealkylation sites (tertiary alicyclic amines) is 2. The summed E-state index contributed by atoms with van der Waals surface area (Å²) in [4.78, 5) is 16.8. The standard InChI is InChI=1S/C18H25ClN2O3/c19-14-3-4-15(16(23)11-14)17(24)21-9-5-18(13-22,6-10-21)12-20-7-1-2-8-20/h3-4,11,22-23H,1-2,5-10,12-13H2. The summed E-state index contributed by atoms with van der Waals surface area (Å²) < 4.78 is 0. The van der Waals surface area contributed by atoms with Crippen LogP contribution in [-0.4, -0.2) is 65.3 Å². The van der Waals surface area contributed by atoms with Crippen LogP contribution in [0.5, 0.6) is 5.75 Å².